The maximum absolute atomic E-state index is 15.0. The van der Waals surface area contributed by atoms with Crippen LogP contribution in [0.5, 0.6) is 0 Å². The number of nitrogens with one attached hydrogen (secondary N) is 1. The van der Waals surface area contributed by atoms with Crippen molar-refractivity contribution in [2.45, 2.75) is 63.3 Å². The van der Waals surface area contributed by atoms with Gasteiger partial charge in [0.1, 0.15) is 5.67 Å². The molecule has 3 nitrogen and oxygen atoms in total. The van der Waals surface area contributed by atoms with Gasteiger partial charge in [-0.25, -0.2) is 4.39 Å². The van der Waals surface area contributed by atoms with Crippen molar-refractivity contribution in [3.05, 3.63) is 18.0 Å². The average molecular weight is 237 g/mol. The van der Waals surface area contributed by atoms with E-state index < -0.39 is 5.67 Å². The number of piperidine rings is 1. The van der Waals surface area contributed by atoms with Gasteiger partial charge in [-0.1, -0.05) is 6.92 Å². The lowest BCUT2D eigenvalue weighted by Gasteiger charge is -2.34. The summed E-state index contributed by atoms with van der Waals surface area (Å²) in [5.41, 5.74) is -0.368. The molecule has 2 atom stereocenters. The normalized spacial score (nSPS) is 36.4. The highest BCUT2D eigenvalue weighted by molar-refractivity contribution is 5.19. The summed E-state index contributed by atoms with van der Waals surface area (Å²) >= 11 is 0. The zero-order valence-corrected chi connectivity index (χ0v) is 10.3. The van der Waals surface area contributed by atoms with E-state index in [-0.39, 0.29) is 0 Å². The molecule has 2 aliphatic heterocycles. The summed E-state index contributed by atoms with van der Waals surface area (Å²) in [4.78, 5) is 0. The molecule has 0 spiro atoms. The van der Waals surface area contributed by atoms with Gasteiger partial charge in [0.25, 0.3) is 0 Å². The van der Waals surface area contributed by atoms with Crippen molar-refractivity contribution in [3.8, 4) is 0 Å². The minimum absolute atomic E-state index is 0.369. The maximum atomic E-state index is 15.0. The fourth-order valence-corrected chi connectivity index (χ4v) is 3.27. The van der Waals surface area contributed by atoms with Crippen molar-refractivity contribution in [2.24, 2.45) is 0 Å². The Morgan fingerprint density at radius 3 is 2.82 bits per heavy atom. The van der Waals surface area contributed by atoms with Crippen LogP contribution in [0, 0.1) is 0 Å². The first kappa shape index (κ1) is 11.2. The van der Waals surface area contributed by atoms with Crippen molar-refractivity contribution >= 4 is 0 Å². The average Bonchev–Trinajstić information content (AvgIpc) is 2.87. The van der Waals surface area contributed by atoms with E-state index in [4.69, 9.17) is 0 Å². The number of rotatable bonds is 3. The van der Waals surface area contributed by atoms with Gasteiger partial charge >= 0.3 is 0 Å². The fraction of sp³-hybridized carbons (Fsp3) is 0.769. The molecule has 1 aromatic heterocycles. The monoisotopic (exact) mass is 237 g/mol. The molecule has 1 aromatic rings. The molecule has 2 unspecified atom stereocenters. The van der Waals surface area contributed by atoms with Crippen LogP contribution in [0.15, 0.2) is 12.4 Å². The molecule has 94 valence electrons. The van der Waals surface area contributed by atoms with Crippen LogP contribution >= 0.6 is 0 Å². The van der Waals surface area contributed by atoms with Crippen LogP contribution in [0.1, 0.15) is 44.6 Å². The highest BCUT2D eigenvalue weighted by Crippen LogP contribution is 2.43. The van der Waals surface area contributed by atoms with Crippen molar-refractivity contribution < 1.29 is 4.39 Å². The largest absolute Gasteiger partial charge is 0.311 e. The van der Waals surface area contributed by atoms with E-state index in [1.807, 2.05) is 10.9 Å². The Kier molecular flexibility index (Phi) is 2.69. The van der Waals surface area contributed by atoms with Crippen molar-refractivity contribution in [1.82, 2.24) is 15.1 Å². The van der Waals surface area contributed by atoms with Gasteiger partial charge < -0.3 is 5.32 Å². The summed E-state index contributed by atoms with van der Waals surface area (Å²) < 4.78 is 16.9. The van der Waals surface area contributed by atoms with Gasteiger partial charge in [-0.3, -0.25) is 4.68 Å². The van der Waals surface area contributed by atoms with E-state index in [1.54, 1.807) is 6.20 Å². The molecule has 1 N–H and O–H groups in total. The SMILES string of the molecule is CCCn1cc(C2(F)CC3CCC(C2)N3)cn1. The Labute approximate surface area is 101 Å². The molecule has 3 rings (SSSR count). The molecule has 0 radical (unpaired) electrons. The minimum atomic E-state index is -1.15. The lowest BCUT2D eigenvalue weighted by Crippen LogP contribution is -2.44. The third kappa shape index (κ3) is 1.99. The molecule has 0 amide bonds. The molecule has 0 aromatic carbocycles. The fourth-order valence-electron chi connectivity index (χ4n) is 3.27. The number of alkyl halides is 1. The quantitative estimate of drug-likeness (QED) is 0.874. The predicted molar refractivity (Wildman–Crippen MR) is 64.5 cm³/mol. The van der Waals surface area contributed by atoms with E-state index in [9.17, 15) is 0 Å². The molecule has 2 bridgehead atoms. The molecular weight excluding hydrogens is 217 g/mol. The third-order valence-electron chi connectivity index (χ3n) is 4.08. The van der Waals surface area contributed by atoms with Crippen LogP contribution in [0.4, 0.5) is 4.39 Å². The number of aryl methyl sites for hydroxylation is 1. The minimum Gasteiger partial charge on any atom is -0.311 e. The summed E-state index contributed by atoms with van der Waals surface area (Å²) in [7, 11) is 0. The van der Waals surface area contributed by atoms with Crippen LogP contribution in [0.2, 0.25) is 0 Å². The van der Waals surface area contributed by atoms with Gasteiger partial charge in [-0.05, 0) is 19.3 Å². The van der Waals surface area contributed by atoms with Gasteiger partial charge in [-0.15, -0.1) is 0 Å². The van der Waals surface area contributed by atoms with Gasteiger partial charge in [0, 0.05) is 43.2 Å². The number of halogens is 1. The number of hydrogen-bond acceptors (Lipinski definition) is 2. The van der Waals surface area contributed by atoms with E-state index in [2.05, 4.69) is 17.3 Å². The summed E-state index contributed by atoms with van der Waals surface area (Å²) in [6.07, 6.45) is 8.13. The van der Waals surface area contributed by atoms with Crippen molar-refractivity contribution in [2.75, 3.05) is 0 Å². The second-order valence-corrected chi connectivity index (χ2v) is 5.50. The van der Waals surface area contributed by atoms with E-state index in [0.717, 1.165) is 31.4 Å². The first-order valence-electron chi connectivity index (χ1n) is 6.67. The summed E-state index contributed by atoms with van der Waals surface area (Å²) in [5, 5.41) is 7.73. The lowest BCUT2D eigenvalue weighted by molar-refractivity contribution is 0.0873. The number of fused-ring (bicyclic) bond motifs is 2. The maximum Gasteiger partial charge on any atom is 0.142 e. The van der Waals surface area contributed by atoms with Crippen LogP contribution < -0.4 is 5.32 Å². The standard InChI is InChI=1S/C13H20FN3/c1-2-5-17-9-10(8-15-17)13(14)6-11-3-4-12(7-13)16-11/h8-9,11-12,16H,2-7H2,1H3. The van der Waals surface area contributed by atoms with Gasteiger partial charge in [-0.2, -0.15) is 5.10 Å². The smallest absolute Gasteiger partial charge is 0.142 e. The zero-order valence-electron chi connectivity index (χ0n) is 10.3. The van der Waals surface area contributed by atoms with Crippen LogP contribution in [0.25, 0.3) is 0 Å². The first-order valence-corrected chi connectivity index (χ1v) is 6.67. The Morgan fingerprint density at radius 2 is 2.18 bits per heavy atom. The molecule has 17 heavy (non-hydrogen) atoms. The molecule has 2 aliphatic rings. The zero-order chi connectivity index (χ0) is 11.9. The van der Waals surface area contributed by atoms with Crippen molar-refractivity contribution in [1.29, 1.82) is 0 Å². The molecule has 2 saturated heterocycles. The van der Waals surface area contributed by atoms with Crippen LogP contribution in [0.3, 0.4) is 0 Å². The molecule has 3 heterocycles. The lowest BCUT2D eigenvalue weighted by atomic mass is 9.85. The van der Waals surface area contributed by atoms with Gasteiger partial charge in [0.15, 0.2) is 0 Å². The van der Waals surface area contributed by atoms with Gasteiger partial charge in [0.2, 0.25) is 0 Å². The molecule has 4 heteroatoms. The highest BCUT2D eigenvalue weighted by Gasteiger charge is 2.45. The Bertz CT molecular complexity index is 389. The van der Waals surface area contributed by atoms with E-state index in [1.165, 1.54) is 0 Å². The summed E-state index contributed by atoms with van der Waals surface area (Å²) in [5.74, 6) is 0. The number of nitrogens with zero attached hydrogens (tertiary/aromatic N) is 2. The summed E-state index contributed by atoms with van der Waals surface area (Å²) in [6, 6.07) is 0.738. The van der Waals surface area contributed by atoms with Crippen molar-refractivity contribution in [3.63, 3.8) is 0 Å². The van der Waals surface area contributed by atoms with E-state index >= 15 is 4.39 Å². The van der Waals surface area contributed by atoms with Gasteiger partial charge in [0.05, 0.1) is 6.20 Å². The molecular formula is C13H20FN3. The molecule has 0 aliphatic carbocycles. The summed E-state index contributed by atoms with van der Waals surface area (Å²) in [6.45, 7) is 2.98. The van der Waals surface area contributed by atoms with Crippen LogP contribution in [-0.4, -0.2) is 21.9 Å². The second kappa shape index (κ2) is 4.09. The highest BCUT2D eigenvalue weighted by atomic mass is 19.1. The molecule has 0 saturated carbocycles. The number of aromatic nitrogens is 2. The van der Waals surface area contributed by atoms with E-state index in [0.29, 0.717) is 24.9 Å². The topological polar surface area (TPSA) is 29.9 Å². The van der Waals surface area contributed by atoms with Crippen LogP contribution in [-0.2, 0) is 12.2 Å². The Morgan fingerprint density at radius 1 is 1.47 bits per heavy atom. The Balaban J connectivity index is 1.81. The Hall–Kier alpha value is -0.900. The first-order chi connectivity index (χ1) is 8.19. The molecule has 2 fully saturated rings. The number of hydrogen-bond donors (Lipinski definition) is 1. The second-order valence-electron chi connectivity index (χ2n) is 5.50. The third-order valence-corrected chi connectivity index (χ3v) is 4.08. The predicted octanol–water partition coefficient (Wildman–Crippen LogP) is 2.37.